The molecule has 1 aromatic heterocycles. The Morgan fingerprint density at radius 3 is 2.64 bits per heavy atom. The molecule has 0 saturated heterocycles. The molecule has 0 spiro atoms. The zero-order valence-electron chi connectivity index (χ0n) is 9.03. The van der Waals surface area contributed by atoms with Crippen LogP contribution in [0.1, 0.15) is 39.5 Å². The van der Waals surface area contributed by atoms with Crippen LogP contribution in [0.2, 0.25) is 0 Å². The van der Waals surface area contributed by atoms with Crippen molar-refractivity contribution in [1.82, 2.24) is 9.97 Å². The van der Waals surface area contributed by atoms with Gasteiger partial charge in [0.1, 0.15) is 6.33 Å². The van der Waals surface area contributed by atoms with E-state index < -0.39 is 0 Å². The average Bonchev–Trinajstić information content (AvgIpc) is 2.20. The summed E-state index contributed by atoms with van der Waals surface area (Å²) in [5, 5.41) is 3.38. The molecule has 1 atom stereocenters. The molecule has 0 aliphatic rings. The second kappa shape index (κ2) is 6.35. The first-order valence-electron chi connectivity index (χ1n) is 5.34. The maximum absolute atomic E-state index is 3.96. The normalized spacial score (nSPS) is 12.4. The van der Waals surface area contributed by atoms with E-state index in [1.165, 1.54) is 25.7 Å². The number of unbranched alkanes of at least 4 members (excludes halogenated alkanes) is 2. The fraction of sp³-hybridized carbons (Fsp3) is 0.636. The molecule has 1 aromatic rings. The Morgan fingerprint density at radius 1 is 1.29 bits per heavy atom. The van der Waals surface area contributed by atoms with Crippen molar-refractivity contribution in [2.45, 2.75) is 45.6 Å². The zero-order chi connectivity index (χ0) is 10.2. The van der Waals surface area contributed by atoms with E-state index in [1.807, 2.05) is 12.4 Å². The van der Waals surface area contributed by atoms with Crippen LogP contribution in [0.5, 0.6) is 0 Å². The van der Waals surface area contributed by atoms with Gasteiger partial charge in [0, 0.05) is 6.04 Å². The number of anilines is 1. The highest BCUT2D eigenvalue weighted by molar-refractivity contribution is 5.37. The van der Waals surface area contributed by atoms with Gasteiger partial charge in [-0.3, -0.25) is 0 Å². The second-order valence-electron chi connectivity index (χ2n) is 3.67. The van der Waals surface area contributed by atoms with Crippen LogP contribution in [-0.4, -0.2) is 16.0 Å². The van der Waals surface area contributed by atoms with Gasteiger partial charge in [0.15, 0.2) is 0 Å². The summed E-state index contributed by atoms with van der Waals surface area (Å²) in [6.07, 6.45) is 10.3. The van der Waals surface area contributed by atoms with Crippen LogP contribution in [0, 0.1) is 0 Å². The van der Waals surface area contributed by atoms with E-state index in [4.69, 9.17) is 0 Å². The number of aromatic nitrogens is 2. The van der Waals surface area contributed by atoms with Crippen molar-refractivity contribution in [3.05, 3.63) is 18.7 Å². The Labute approximate surface area is 86.0 Å². The quantitative estimate of drug-likeness (QED) is 0.706. The fourth-order valence-electron chi connectivity index (χ4n) is 1.43. The van der Waals surface area contributed by atoms with Gasteiger partial charge in [0.05, 0.1) is 18.1 Å². The summed E-state index contributed by atoms with van der Waals surface area (Å²) in [4.78, 5) is 7.92. The summed E-state index contributed by atoms with van der Waals surface area (Å²) in [5.41, 5.74) is 1.01. The van der Waals surface area contributed by atoms with E-state index in [0.717, 1.165) is 5.69 Å². The lowest BCUT2D eigenvalue weighted by Gasteiger charge is -2.13. The number of rotatable bonds is 6. The maximum atomic E-state index is 3.96. The third-order valence-corrected chi connectivity index (χ3v) is 2.21. The largest absolute Gasteiger partial charge is 0.380 e. The molecule has 0 aliphatic carbocycles. The first-order chi connectivity index (χ1) is 6.83. The van der Waals surface area contributed by atoms with Gasteiger partial charge in [-0.05, 0) is 13.3 Å². The standard InChI is InChI=1S/C11H19N3/c1-3-4-5-6-10(2)14-11-7-12-9-13-8-11/h7-10,14H,3-6H2,1-2H3. The Kier molecular flexibility index (Phi) is 4.97. The SMILES string of the molecule is CCCCCC(C)Nc1cncnc1. The van der Waals surface area contributed by atoms with Gasteiger partial charge in [0.2, 0.25) is 0 Å². The smallest absolute Gasteiger partial charge is 0.115 e. The van der Waals surface area contributed by atoms with E-state index in [9.17, 15) is 0 Å². The van der Waals surface area contributed by atoms with Gasteiger partial charge >= 0.3 is 0 Å². The van der Waals surface area contributed by atoms with Crippen molar-refractivity contribution >= 4 is 5.69 Å². The van der Waals surface area contributed by atoms with Crippen molar-refractivity contribution in [3.63, 3.8) is 0 Å². The number of hydrogen-bond donors (Lipinski definition) is 1. The van der Waals surface area contributed by atoms with Gasteiger partial charge in [-0.15, -0.1) is 0 Å². The van der Waals surface area contributed by atoms with Crippen molar-refractivity contribution < 1.29 is 0 Å². The minimum atomic E-state index is 0.507. The highest BCUT2D eigenvalue weighted by atomic mass is 14.9. The minimum Gasteiger partial charge on any atom is -0.380 e. The molecule has 3 heteroatoms. The van der Waals surface area contributed by atoms with Gasteiger partial charge in [-0.1, -0.05) is 26.2 Å². The fourth-order valence-corrected chi connectivity index (χ4v) is 1.43. The summed E-state index contributed by atoms with van der Waals surface area (Å²) in [6, 6.07) is 0.507. The molecule has 1 N–H and O–H groups in total. The molecule has 0 aliphatic heterocycles. The third-order valence-electron chi connectivity index (χ3n) is 2.21. The molecule has 0 radical (unpaired) electrons. The van der Waals surface area contributed by atoms with Crippen molar-refractivity contribution in [2.75, 3.05) is 5.32 Å². The van der Waals surface area contributed by atoms with Crippen LogP contribution in [-0.2, 0) is 0 Å². The summed E-state index contributed by atoms with van der Waals surface area (Å²) in [6.45, 7) is 4.42. The van der Waals surface area contributed by atoms with E-state index >= 15 is 0 Å². The molecule has 0 amide bonds. The molecule has 14 heavy (non-hydrogen) atoms. The average molecular weight is 193 g/mol. The first kappa shape index (κ1) is 11.0. The van der Waals surface area contributed by atoms with Gasteiger partial charge in [-0.25, -0.2) is 9.97 Å². The summed E-state index contributed by atoms with van der Waals surface area (Å²) in [5.74, 6) is 0. The number of nitrogens with zero attached hydrogens (tertiary/aromatic N) is 2. The molecule has 0 fully saturated rings. The van der Waals surface area contributed by atoms with E-state index in [1.54, 1.807) is 6.33 Å². The molecule has 0 bridgehead atoms. The Hall–Kier alpha value is -1.12. The van der Waals surface area contributed by atoms with Gasteiger partial charge in [0.25, 0.3) is 0 Å². The van der Waals surface area contributed by atoms with Gasteiger partial charge in [-0.2, -0.15) is 0 Å². The second-order valence-corrected chi connectivity index (χ2v) is 3.67. The molecule has 1 unspecified atom stereocenters. The molecule has 78 valence electrons. The van der Waals surface area contributed by atoms with Crippen molar-refractivity contribution in [1.29, 1.82) is 0 Å². The molecule has 3 nitrogen and oxygen atoms in total. The molecule has 0 aromatic carbocycles. The molecular weight excluding hydrogens is 174 g/mol. The van der Waals surface area contributed by atoms with Crippen LogP contribution >= 0.6 is 0 Å². The van der Waals surface area contributed by atoms with Gasteiger partial charge < -0.3 is 5.32 Å². The van der Waals surface area contributed by atoms with Crippen molar-refractivity contribution in [2.24, 2.45) is 0 Å². The lowest BCUT2D eigenvalue weighted by molar-refractivity contribution is 0.615. The predicted molar refractivity (Wildman–Crippen MR) is 59.3 cm³/mol. The highest BCUT2D eigenvalue weighted by Gasteiger charge is 2.00. The Balaban J connectivity index is 2.23. The third kappa shape index (κ3) is 4.21. The monoisotopic (exact) mass is 193 g/mol. The number of nitrogens with one attached hydrogen (secondary N) is 1. The summed E-state index contributed by atoms with van der Waals surface area (Å²) >= 11 is 0. The predicted octanol–water partition coefficient (Wildman–Crippen LogP) is 2.86. The van der Waals surface area contributed by atoms with E-state index in [0.29, 0.717) is 6.04 Å². The summed E-state index contributed by atoms with van der Waals surface area (Å²) < 4.78 is 0. The van der Waals surface area contributed by atoms with Crippen LogP contribution in [0.25, 0.3) is 0 Å². The molecule has 1 rings (SSSR count). The first-order valence-corrected chi connectivity index (χ1v) is 5.34. The highest BCUT2D eigenvalue weighted by Crippen LogP contribution is 2.09. The Morgan fingerprint density at radius 2 is 2.00 bits per heavy atom. The Bertz CT molecular complexity index is 236. The maximum Gasteiger partial charge on any atom is 0.115 e. The number of hydrogen-bond acceptors (Lipinski definition) is 3. The lowest BCUT2D eigenvalue weighted by atomic mass is 10.1. The molecule has 0 saturated carbocycles. The molecular formula is C11H19N3. The van der Waals surface area contributed by atoms with Crippen molar-refractivity contribution in [3.8, 4) is 0 Å². The topological polar surface area (TPSA) is 37.8 Å². The van der Waals surface area contributed by atoms with Crippen LogP contribution < -0.4 is 5.32 Å². The van der Waals surface area contributed by atoms with E-state index in [-0.39, 0.29) is 0 Å². The minimum absolute atomic E-state index is 0.507. The van der Waals surface area contributed by atoms with E-state index in [2.05, 4.69) is 29.1 Å². The molecule has 1 heterocycles. The zero-order valence-corrected chi connectivity index (χ0v) is 9.03. The summed E-state index contributed by atoms with van der Waals surface area (Å²) in [7, 11) is 0. The van der Waals surface area contributed by atoms with Crippen LogP contribution in [0.3, 0.4) is 0 Å². The lowest BCUT2D eigenvalue weighted by Crippen LogP contribution is -2.15. The van der Waals surface area contributed by atoms with Crippen LogP contribution in [0.15, 0.2) is 18.7 Å². The van der Waals surface area contributed by atoms with Crippen LogP contribution in [0.4, 0.5) is 5.69 Å².